The van der Waals surface area contributed by atoms with Gasteiger partial charge in [-0.3, -0.25) is 10.1 Å². The lowest BCUT2D eigenvalue weighted by atomic mass is 10.0. The molecule has 0 aliphatic carbocycles. The van der Waals surface area contributed by atoms with Crippen LogP contribution in [0, 0.1) is 0 Å². The van der Waals surface area contributed by atoms with Crippen LogP contribution < -0.4 is 4.90 Å². The summed E-state index contributed by atoms with van der Waals surface area (Å²) in [5.74, 6) is 0.807. The average molecular weight is 426 g/mol. The lowest BCUT2D eigenvalue weighted by Crippen LogP contribution is -2.44. The van der Waals surface area contributed by atoms with Gasteiger partial charge in [0.25, 0.3) is 0 Å². The maximum Gasteiger partial charge on any atom is 0.180 e. The van der Waals surface area contributed by atoms with Crippen LogP contribution in [0.3, 0.4) is 0 Å². The summed E-state index contributed by atoms with van der Waals surface area (Å²) < 4.78 is 0. The zero-order valence-corrected chi connectivity index (χ0v) is 17.6. The van der Waals surface area contributed by atoms with Crippen molar-refractivity contribution in [3.05, 3.63) is 48.9 Å². The van der Waals surface area contributed by atoms with Crippen molar-refractivity contribution in [1.29, 1.82) is 0 Å². The molecule has 0 radical (unpaired) electrons. The third kappa shape index (κ3) is 3.14. The van der Waals surface area contributed by atoms with Crippen molar-refractivity contribution in [1.82, 2.24) is 35.0 Å². The number of hydrogen-bond acceptors (Lipinski definition) is 7. The van der Waals surface area contributed by atoms with E-state index in [0.717, 1.165) is 65.1 Å². The highest BCUT2D eigenvalue weighted by atomic mass is 16.3. The average Bonchev–Trinajstić information content (AvgIpc) is 3.43. The fraction of sp³-hybridized carbons (Fsp3) is 0.217. The number of pyridine rings is 2. The first-order valence-electron chi connectivity index (χ1n) is 10.6. The van der Waals surface area contributed by atoms with E-state index in [1.807, 2.05) is 30.5 Å². The molecule has 0 unspecified atom stereocenters. The number of hydrogen-bond donors (Lipinski definition) is 3. The van der Waals surface area contributed by atoms with Gasteiger partial charge in [-0.2, -0.15) is 5.10 Å². The molecule has 0 saturated carbocycles. The summed E-state index contributed by atoms with van der Waals surface area (Å²) in [4.78, 5) is 21.5. The molecule has 3 N–H and O–H groups in total. The molecule has 1 aliphatic rings. The van der Waals surface area contributed by atoms with Crippen LogP contribution in [0.15, 0.2) is 48.9 Å². The molecule has 9 nitrogen and oxygen atoms in total. The number of nitrogens with one attached hydrogen (secondary N) is 2. The number of fused-ring (bicyclic) bond motifs is 2. The van der Waals surface area contributed by atoms with Gasteiger partial charge in [0, 0.05) is 49.5 Å². The highest BCUT2D eigenvalue weighted by Crippen LogP contribution is 2.32. The second-order valence-corrected chi connectivity index (χ2v) is 8.17. The molecular weight excluding hydrogens is 404 g/mol. The van der Waals surface area contributed by atoms with Crippen molar-refractivity contribution in [2.45, 2.75) is 0 Å². The van der Waals surface area contributed by atoms with E-state index in [0.29, 0.717) is 11.5 Å². The molecule has 0 bridgehead atoms. The molecule has 1 fully saturated rings. The monoisotopic (exact) mass is 426 g/mol. The van der Waals surface area contributed by atoms with Gasteiger partial charge < -0.3 is 19.9 Å². The molecule has 5 heterocycles. The van der Waals surface area contributed by atoms with E-state index in [1.54, 1.807) is 12.3 Å². The van der Waals surface area contributed by atoms with Crippen molar-refractivity contribution >= 4 is 27.8 Å². The van der Waals surface area contributed by atoms with E-state index < -0.39 is 0 Å². The van der Waals surface area contributed by atoms with E-state index in [2.05, 4.69) is 42.0 Å². The van der Waals surface area contributed by atoms with Crippen LogP contribution in [0.2, 0.25) is 0 Å². The Kier molecular flexibility index (Phi) is 4.29. The highest BCUT2D eigenvalue weighted by Gasteiger charge is 2.20. The van der Waals surface area contributed by atoms with Gasteiger partial charge in [0.2, 0.25) is 0 Å². The van der Waals surface area contributed by atoms with E-state index in [4.69, 9.17) is 4.98 Å². The van der Waals surface area contributed by atoms with Crippen LogP contribution in [0.4, 0.5) is 5.69 Å². The first kappa shape index (κ1) is 18.8. The third-order valence-corrected chi connectivity index (χ3v) is 6.06. The zero-order chi connectivity index (χ0) is 21.7. The molecule has 0 amide bonds. The first-order valence-corrected chi connectivity index (χ1v) is 10.6. The van der Waals surface area contributed by atoms with Crippen LogP contribution in [0.5, 0.6) is 5.75 Å². The number of aromatic hydroxyl groups is 1. The second-order valence-electron chi connectivity index (χ2n) is 8.17. The van der Waals surface area contributed by atoms with Gasteiger partial charge in [-0.1, -0.05) is 6.07 Å². The number of rotatable bonds is 3. The lowest BCUT2D eigenvalue weighted by Gasteiger charge is -2.34. The highest BCUT2D eigenvalue weighted by molar-refractivity contribution is 5.96. The van der Waals surface area contributed by atoms with Crippen LogP contribution in [0.25, 0.3) is 44.7 Å². The predicted octanol–water partition coefficient (Wildman–Crippen LogP) is 3.02. The molecule has 0 spiro atoms. The number of aromatic nitrogens is 6. The van der Waals surface area contributed by atoms with Crippen molar-refractivity contribution < 1.29 is 5.11 Å². The second kappa shape index (κ2) is 7.31. The molecule has 4 aromatic heterocycles. The molecule has 9 heteroatoms. The Morgan fingerprint density at radius 2 is 1.88 bits per heavy atom. The molecule has 5 aromatic rings. The SMILES string of the molecule is CN1CCN(c2ccnc3nc(-c4n[nH]c5ccc(-c6cncc(O)c6)cc45)[nH]c23)CC1. The minimum atomic E-state index is 0.134. The van der Waals surface area contributed by atoms with Gasteiger partial charge in [-0.25, -0.2) is 9.97 Å². The summed E-state index contributed by atoms with van der Waals surface area (Å²) in [7, 11) is 2.15. The Labute approximate surface area is 183 Å². The van der Waals surface area contributed by atoms with Crippen molar-refractivity contribution in [2.75, 3.05) is 38.1 Å². The maximum atomic E-state index is 9.80. The van der Waals surface area contributed by atoms with Crippen LogP contribution in [-0.4, -0.2) is 73.4 Å². The van der Waals surface area contributed by atoms with Gasteiger partial charge in [0.1, 0.15) is 17.0 Å². The number of anilines is 1. The van der Waals surface area contributed by atoms with Gasteiger partial charge in [-0.15, -0.1) is 0 Å². The molecule has 1 saturated heterocycles. The minimum absolute atomic E-state index is 0.134. The number of H-pyrrole nitrogens is 2. The summed E-state index contributed by atoms with van der Waals surface area (Å²) in [6, 6.07) is 9.73. The third-order valence-electron chi connectivity index (χ3n) is 6.06. The molecule has 6 rings (SSSR count). The van der Waals surface area contributed by atoms with Crippen molar-refractivity contribution in [3.8, 4) is 28.4 Å². The predicted molar refractivity (Wildman–Crippen MR) is 124 cm³/mol. The van der Waals surface area contributed by atoms with Crippen LogP contribution in [0.1, 0.15) is 0 Å². The maximum absolute atomic E-state index is 9.80. The summed E-state index contributed by atoms with van der Waals surface area (Å²) >= 11 is 0. The number of imidazole rings is 1. The molecule has 160 valence electrons. The molecule has 1 aromatic carbocycles. The Bertz CT molecular complexity index is 1430. The number of likely N-dealkylation sites (N-methyl/N-ethyl adjacent to an activating group) is 1. The zero-order valence-electron chi connectivity index (χ0n) is 17.6. The van der Waals surface area contributed by atoms with E-state index in [1.165, 1.54) is 6.20 Å². The smallest absolute Gasteiger partial charge is 0.180 e. The Hall–Kier alpha value is -3.98. The normalized spacial score (nSPS) is 15.1. The fourth-order valence-corrected chi connectivity index (χ4v) is 4.28. The summed E-state index contributed by atoms with van der Waals surface area (Å²) in [5, 5.41) is 18.4. The number of aromatic amines is 2. The molecule has 32 heavy (non-hydrogen) atoms. The summed E-state index contributed by atoms with van der Waals surface area (Å²) in [6.45, 7) is 4.00. The van der Waals surface area contributed by atoms with Gasteiger partial charge in [-0.05, 0) is 36.9 Å². The quantitative estimate of drug-likeness (QED) is 0.407. The van der Waals surface area contributed by atoms with E-state index >= 15 is 0 Å². The lowest BCUT2D eigenvalue weighted by molar-refractivity contribution is 0.313. The standard InChI is InChI=1S/C23H22N8O/c1-30-6-8-31(9-7-30)19-4-5-25-22-21(19)26-23(27-22)20-17-11-14(2-3-18(17)28-29-20)15-10-16(32)13-24-12-15/h2-5,10-13,32H,6-9H2,1H3,(H,28,29)(H,25,26,27). The minimum Gasteiger partial charge on any atom is -0.506 e. The van der Waals surface area contributed by atoms with Crippen LogP contribution >= 0.6 is 0 Å². The molecule has 0 atom stereocenters. The van der Waals surface area contributed by atoms with Gasteiger partial charge >= 0.3 is 0 Å². The molecular formula is C23H22N8O. The Morgan fingerprint density at radius 3 is 2.72 bits per heavy atom. The number of benzene rings is 1. The van der Waals surface area contributed by atoms with E-state index in [9.17, 15) is 5.11 Å². The van der Waals surface area contributed by atoms with Gasteiger partial charge in [0.15, 0.2) is 11.5 Å². The Balaban J connectivity index is 1.44. The van der Waals surface area contributed by atoms with Crippen LogP contribution in [-0.2, 0) is 0 Å². The van der Waals surface area contributed by atoms with Crippen molar-refractivity contribution in [2.24, 2.45) is 0 Å². The fourth-order valence-electron chi connectivity index (χ4n) is 4.28. The first-order chi connectivity index (χ1) is 15.7. The Morgan fingerprint density at radius 1 is 1.00 bits per heavy atom. The number of nitrogens with zero attached hydrogens (tertiary/aromatic N) is 6. The summed E-state index contributed by atoms with van der Waals surface area (Å²) in [5.41, 5.74) is 6.14. The topological polar surface area (TPSA) is 110 Å². The van der Waals surface area contributed by atoms with Gasteiger partial charge in [0.05, 0.1) is 17.4 Å². The van der Waals surface area contributed by atoms with Crippen molar-refractivity contribution in [3.63, 3.8) is 0 Å². The largest absolute Gasteiger partial charge is 0.506 e. The van der Waals surface area contributed by atoms with E-state index in [-0.39, 0.29) is 5.75 Å². The summed E-state index contributed by atoms with van der Waals surface area (Å²) in [6.07, 6.45) is 4.97. The molecule has 1 aliphatic heterocycles. The number of piperazine rings is 1.